The zero-order valence-corrected chi connectivity index (χ0v) is 13.3. The molecule has 3 N–H and O–H groups in total. The summed E-state index contributed by atoms with van der Waals surface area (Å²) in [7, 11) is -1.39. The van der Waals surface area contributed by atoms with E-state index < -0.39 is 10.0 Å². The van der Waals surface area contributed by atoms with Crippen LogP contribution in [0.25, 0.3) is 0 Å². The summed E-state index contributed by atoms with van der Waals surface area (Å²) in [5.41, 5.74) is -0.116. The largest absolute Gasteiger partial charge is 0.373 e. The third-order valence-electron chi connectivity index (χ3n) is 3.16. The van der Waals surface area contributed by atoms with Crippen LogP contribution in [-0.2, 0) is 14.8 Å². The number of hydrogen-bond donors (Lipinski definition) is 3. The summed E-state index contributed by atoms with van der Waals surface area (Å²) < 4.78 is 29.9. The Labute approximate surface area is 121 Å². The molecular formula is C12H26N4O3S. The van der Waals surface area contributed by atoms with Gasteiger partial charge in [0.25, 0.3) is 0 Å². The van der Waals surface area contributed by atoms with Crippen molar-refractivity contribution in [2.45, 2.75) is 31.8 Å². The number of guanidine groups is 1. The first-order valence-corrected chi connectivity index (χ1v) is 8.77. The average molecular weight is 306 g/mol. The van der Waals surface area contributed by atoms with Crippen molar-refractivity contribution in [2.24, 2.45) is 4.99 Å². The lowest BCUT2D eigenvalue weighted by Gasteiger charge is -2.24. The molecule has 0 amide bonds. The number of hydrogen-bond acceptors (Lipinski definition) is 4. The third kappa shape index (κ3) is 7.06. The fourth-order valence-corrected chi connectivity index (χ4v) is 2.54. The second-order valence-corrected chi connectivity index (χ2v) is 7.11. The van der Waals surface area contributed by atoms with Gasteiger partial charge in [0.2, 0.25) is 10.0 Å². The van der Waals surface area contributed by atoms with E-state index in [1.807, 2.05) is 0 Å². The maximum atomic E-state index is 10.9. The van der Waals surface area contributed by atoms with Gasteiger partial charge in [0.05, 0.1) is 11.9 Å². The van der Waals surface area contributed by atoms with Crippen LogP contribution in [-0.4, -0.2) is 59.5 Å². The van der Waals surface area contributed by atoms with Crippen molar-refractivity contribution >= 4 is 16.0 Å². The highest BCUT2D eigenvalue weighted by molar-refractivity contribution is 7.88. The van der Waals surface area contributed by atoms with Gasteiger partial charge in [-0.25, -0.2) is 13.1 Å². The number of nitrogens with zero attached hydrogens (tertiary/aromatic N) is 1. The van der Waals surface area contributed by atoms with Gasteiger partial charge in [-0.15, -0.1) is 0 Å². The smallest absolute Gasteiger partial charge is 0.208 e. The molecule has 0 saturated carbocycles. The van der Waals surface area contributed by atoms with E-state index in [2.05, 4.69) is 27.3 Å². The molecule has 7 nitrogen and oxygen atoms in total. The molecule has 1 rings (SSSR count). The van der Waals surface area contributed by atoms with Crippen LogP contribution in [0.4, 0.5) is 0 Å². The summed E-state index contributed by atoms with van der Waals surface area (Å²) >= 11 is 0. The van der Waals surface area contributed by atoms with Crippen molar-refractivity contribution in [3.63, 3.8) is 0 Å². The summed E-state index contributed by atoms with van der Waals surface area (Å²) in [6.07, 6.45) is 4.00. The van der Waals surface area contributed by atoms with Gasteiger partial charge in [-0.05, 0) is 26.2 Å². The molecule has 1 heterocycles. The molecule has 20 heavy (non-hydrogen) atoms. The molecule has 0 aromatic rings. The van der Waals surface area contributed by atoms with E-state index in [9.17, 15) is 8.42 Å². The second-order valence-electron chi connectivity index (χ2n) is 5.27. The maximum Gasteiger partial charge on any atom is 0.208 e. The van der Waals surface area contributed by atoms with E-state index in [1.165, 1.54) is 0 Å². The van der Waals surface area contributed by atoms with E-state index in [0.717, 1.165) is 25.7 Å². The summed E-state index contributed by atoms with van der Waals surface area (Å²) in [6, 6.07) is 0. The zero-order chi connectivity index (χ0) is 15.1. The van der Waals surface area contributed by atoms with Gasteiger partial charge >= 0.3 is 0 Å². The van der Waals surface area contributed by atoms with E-state index in [0.29, 0.717) is 32.0 Å². The fourth-order valence-electron chi connectivity index (χ4n) is 2.02. The van der Waals surface area contributed by atoms with Crippen molar-refractivity contribution in [3.05, 3.63) is 0 Å². The lowest BCUT2D eigenvalue weighted by molar-refractivity contribution is 0.0243. The summed E-state index contributed by atoms with van der Waals surface area (Å²) in [5, 5.41) is 6.38. The number of ether oxygens (including phenoxy) is 1. The molecule has 0 radical (unpaired) electrons. The Hall–Kier alpha value is -0.860. The van der Waals surface area contributed by atoms with Crippen LogP contribution in [0.2, 0.25) is 0 Å². The van der Waals surface area contributed by atoms with E-state index in [-0.39, 0.29) is 5.60 Å². The van der Waals surface area contributed by atoms with Crippen LogP contribution in [0.3, 0.4) is 0 Å². The standard InChI is InChI=1S/C12H26N4O3S/c1-12(6-4-9-19-12)10-15-11(13-2)14-7-5-8-16-20(3,17)18/h16H,4-10H2,1-3H3,(H2,13,14,15). The quantitative estimate of drug-likeness (QED) is 0.340. The minimum atomic E-state index is -3.10. The van der Waals surface area contributed by atoms with Crippen molar-refractivity contribution < 1.29 is 13.2 Å². The van der Waals surface area contributed by atoms with Crippen LogP contribution in [0.15, 0.2) is 4.99 Å². The van der Waals surface area contributed by atoms with Crippen LogP contribution in [0.1, 0.15) is 26.2 Å². The SMILES string of the molecule is CN=C(NCCCNS(C)(=O)=O)NCC1(C)CCCO1. The number of sulfonamides is 1. The Morgan fingerprint density at radius 3 is 2.65 bits per heavy atom. The van der Waals surface area contributed by atoms with Crippen LogP contribution >= 0.6 is 0 Å². The number of rotatable bonds is 7. The van der Waals surface area contributed by atoms with Crippen molar-refractivity contribution in [1.82, 2.24) is 15.4 Å². The monoisotopic (exact) mass is 306 g/mol. The van der Waals surface area contributed by atoms with Gasteiger partial charge in [-0.1, -0.05) is 0 Å². The molecule has 1 fully saturated rings. The van der Waals surface area contributed by atoms with Gasteiger partial charge < -0.3 is 15.4 Å². The minimum absolute atomic E-state index is 0.116. The highest BCUT2D eigenvalue weighted by Crippen LogP contribution is 2.23. The van der Waals surface area contributed by atoms with E-state index in [1.54, 1.807) is 7.05 Å². The molecule has 0 aliphatic carbocycles. The summed E-state index contributed by atoms with van der Waals surface area (Å²) in [5.74, 6) is 0.709. The van der Waals surface area contributed by atoms with Crippen LogP contribution < -0.4 is 15.4 Å². The first kappa shape index (κ1) is 17.2. The number of nitrogens with one attached hydrogen (secondary N) is 3. The molecule has 0 bridgehead atoms. The normalized spacial score (nSPS) is 23.9. The highest BCUT2D eigenvalue weighted by Gasteiger charge is 2.29. The topological polar surface area (TPSA) is 91.8 Å². The van der Waals surface area contributed by atoms with Gasteiger partial charge in [-0.3, -0.25) is 4.99 Å². The van der Waals surface area contributed by atoms with Gasteiger partial charge in [0.1, 0.15) is 0 Å². The molecule has 1 aliphatic heterocycles. The Kier molecular flexibility index (Phi) is 6.70. The second kappa shape index (κ2) is 7.80. The molecule has 1 unspecified atom stereocenters. The van der Waals surface area contributed by atoms with Crippen LogP contribution in [0.5, 0.6) is 0 Å². The van der Waals surface area contributed by atoms with Gasteiger partial charge in [0.15, 0.2) is 5.96 Å². The predicted molar refractivity (Wildman–Crippen MR) is 80.4 cm³/mol. The molecule has 0 aromatic heterocycles. The maximum absolute atomic E-state index is 10.9. The molecule has 1 aliphatic rings. The van der Waals surface area contributed by atoms with Gasteiger partial charge in [0, 0.05) is 33.3 Å². The van der Waals surface area contributed by atoms with E-state index >= 15 is 0 Å². The molecule has 1 atom stereocenters. The summed E-state index contributed by atoms with van der Waals surface area (Å²) in [4.78, 5) is 4.13. The van der Waals surface area contributed by atoms with Crippen molar-refractivity contribution in [1.29, 1.82) is 0 Å². The Balaban J connectivity index is 2.17. The molecule has 1 saturated heterocycles. The average Bonchev–Trinajstić information content (AvgIpc) is 2.79. The van der Waals surface area contributed by atoms with Crippen LogP contribution in [0, 0.1) is 0 Å². The first-order valence-electron chi connectivity index (χ1n) is 6.88. The first-order chi connectivity index (χ1) is 9.35. The van der Waals surface area contributed by atoms with Gasteiger partial charge in [-0.2, -0.15) is 0 Å². The lowest BCUT2D eigenvalue weighted by atomic mass is 10.0. The minimum Gasteiger partial charge on any atom is -0.373 e. The highest BCUT2D eigenvalue weighted by atomic mass is 32.2. The van der Waals surface area contributed by atoms with Crippen molar-refractivity contribution in [3.8, 4) is 0 Å². The molecule has 0 aromatic carbocycles. The van der Waals surface area contributed by atoms with E-state index in [4.69, 9.17) is 4.74 Å². The molecule has 118 valence electrons. The third-order valence-corrected chi connectivity index (χ3v) is 3.89. The summed E-state index contributed by atoms with van der Waals surface area (Å²) in [6.45, 7) is 4.70. The Morgan fingerprint density at radius 2 is 2.10 bits per heavy atom. The molecule has 0 spiro atoms. The predicted octanol–water partition coefficient (Wildman–Crippen LogP) is -0.340. The zero-order valence-electron chi connectivity index (χ0n) is 12.5. The van der Waals surface area contributed by atoms with Crippen molar-refractivity contribution in [2.75, 3.05) is 39.5 Å². The fraction of sp³-hybridized carbons (Fsp3) is 0.917. The Bertz CT molecular complexity index is 416. The number of aliphatic imine (C=N–C) groups is 1. The molecular weight excluding hydrogens is 280 g/mol. The molecule has 8 heteroatoms. The Morgan fingerprint density at radius 1 is 1.35 bits per heavy atom. The lowest BCUT2D eigenvalue weighted by Crippen LogP contribution is -2.46.